The van der Waals surface area contributed by atoms with Crippen molar-refractivity contribution in [1.82, 2.24) is 0 Å². The molecule has 0 radical (unpaired) electrons. The molecular weight excluding hydrogens is 466 g/mol. The summed E-state index contributed by atoms with van der Waals surface area (Å²) < 4.78 is 18.1. The zero-order valence-electron chi connectivity index (χ0n) is 14.7. The number of nitrogens with one attached hydrogen (secondary N) is 1. The molecule has 2 aromatic rings. The molecule has 140 valence electrons. The number of hydrogen-bond donors (Lipinski definition) is 1. The van der Waals surface area contributed by atoms with Gasteiger partial charge in [0.25, 0.3) is 5.91 Å². The van der Waals surface area contributed by atoms with Gasteiger partial charge in [-0.15, -0.1) is 0 Å². The SMILES string of the molecule is CCOCCOc1ccc(NC(=O)COc2c(C)cc(Br)cc2Br)cc1. The van der Waals surface area contributed by atoms with Gasteiger partial charge in [0.15, 0.2) is 6.61 Å². The van der Waals surface area contributed by atoms with Crippen LogP contribution >= 0.6 is 31.9 Å². The van der Waals surface area contributed by atoms with Gasteiger partial charge in [-0.05, 0) is 71.7 Å². The van der Waals surface area contributed by atoms with Crippen LogP contribution in [0.3, 0.4) is 0 Å². The van der Waals surface area contributed by atoms with Crippen LogP contribution in [0, 0.1) is 6.92 Å². The number of hydrogen-bond acceptors (Lipinski definition) is 4. The van der Waals surface area contributed by atoms with E-state index in [0.29, 0.717) is 31.3 Å². The van der Waals surface area contributed by atoms with Crippen molar-refractivity contribution >= 4 is 43.5 Å². The second-order valence-corrected chi connectivity index (χ2v) is 7.21. The molecule has 0 saturated carbocycles. The van der Waals surface area contributed by atoms with Crippen LogP contribution in [0.4, 0.5) is 5.69 Å². The van der Waals surface area contributed by atoms with Gasteiger partial charge in [-0.2, -0.15) is 0 Å². The summed E-state index contributed by atoms with van der Waals surface area (Å²) >= 11 is 6.86. The Hall–Kier alpha value is -1.57. The zero-order valence-corrected chi connectivity index (χ0v) is 17.9. The third-order valence-electron chi connectivity index (χ3n) is 3.38. The standard InChI is InChI=1S/C19H21Br2NO4/c1-3-24-8-9-25-16-6-4-15(5-7-16)22-18(23)12-26-19-13(2)10-14(20)11-17(19)21/h4-7,10-11H,3,8-9,12H2,1-2H3,(H,22,23). The van der Waals surface area contributed by atoms with E-state index in [-0.39, 0.29) is 12.5 Å². The second-order valence-electron chi connectivity index (χ2n) is 5.44. The van der Waals surface area contributed by atoms with Gasteiger partial charge >= 0.3 is 0 Å². The molecule has 0 bridgehead atoms. The third-order valence-corrected chi connectivity index (χ3v) is 4.43. The summed E-state index contributed by atoms with van der Waals surface area (Å²) in [4.78, 5) is 12.1. The Balaban J connectivity index is 1.82. The third kappa shape index (κ3) is 6.63. The molecule has 2 rings (SSSR count). The Labute approximate surface area is 170 Å². The van der Waals surface area contributed by atoms with Crippen molar-refractivity contribution < 1.29 is 19.0 Å². The Bertz CT molecular complexity index is 712. The lowest BCUT2D eigenvalue weighted by Gasteiger charge is -2.12. The van der Waals surface area contributed by atoms with Crippen LogP contribution < -0.4 is 14.8 Å². The van der Waals surface area contributed by atoms with Gasteiger partial charge < -0.3 is 19.5 Å². The monoisotopic (exact) mass is 485 g/mol. The molecule has 0 aliphatic rings. The minimum atomic E-state index is -0.232. The fourth-order valence-electron chi connectivity index (χ4n) is 2.20. The fraction of sp³-hybridized carbons (Fsp3) is 0.316. The van der Waals surface area contributed by atoms with Gasteiger partial charge in [-0.1, -0.05) is 15.9 Å². The molecular formula is C19H21Br2NO4. The van der Waals surface area contributed by atoms with Crippen molar-refractivity contribution in [3.8, 4) is 11.5 Å². The highest BCUT2D eigenvalue weighted by molar-refractivity contribution is 9.11. The fourth-order valence-corrected chi connectivity index (χ4v) is 3.76. The van der Waals surface area contributed by atoms with Crippen molar-refractivity contribution in [2.75, 3.05) is 31.7 Å². The summed E-state index contributed by atoms with van der Waals surface area (Å²) in [6.07, 6.45) is 0. The number of halogens is 2. The lowest BCUT2D eigenvalue weighted by molar-refractivity contribution is -0.118. The number of benzene rings is 2. The molecule has 0 aliphatic heterocycles. The number of aryl methyl sites for hydroxylation is 1. The molecule has 1 N–H and O–H groups in total. The van der Waals surface area contributed by atoms with Crippen LogP contribution in [-0.4, -0.2) is 32.3 Å². The van der Waals surface area contributed by atoms with Gasteiger partial charge in [0.05, 0.1) is 11.1 Å². The Kier molecular flexibility index (Phi) is 8.41. The van der Waals surface area contributed by atoms with Gasteiger partial charge in [-0.3, -0.25) is 4.79 Å². The number of ether oxygens (including phenoxy) is 3. The summed E-state index contributed by atoms with van der Waals surface area (Å²) in [5.74, 6) is 1.15. The molecule has 0 fully saturated rings. The summed E-state index contributed by atoms with van der Waals surface area (Å²) in [6.45, 7) is 5.51. The highest BCUT2D eigenvalue weighted by atomic mass is 79.9. The van der Waals surface area contributed by atoms with E-state index >= 15 is 0 Å². The first-order valence-electron chi connectivity index (χ1n) is 8.18. The highest BCUT2D eigenvalue weighted by Crippen LogP contribution is 2.32. The molecule has 0 aliphatic carbocycles. The summed E-state index contributed by atoms with van der Waals surface area (Å²) in [6, 6.07) is 11.0. The molecule has 5 nitrogen and oxygen atoms in total. The van der Waals surface area contributed by atoms with Gasteiger partial charge in [0.1, 0.15) is 18.1 Å². The largest absolute Gasteiger partial charge is 0.491 e. The molecule has 0 spiro atoms. The Morgan fingerprint density at radius 1 is 1.08 bits per heavy atom. The van der Waals surface area contributed by atoms with Gasteiger partial charge in [-0.25, -0.2) is 0 Å². The van der Waals surface area contributed by atoms with Crippen LogP contribution in [0.2, 0.25) is 0 Å². The predicted molar refractivity (Wildman–Crippen MR) is 109 cm³/mol. The van der Waals surface area contributed by atoms with E-state index in [1.54, 1.807) is 24.3 Å². The molecule has 0 atom stereocenters. The molecule has 2 aromatic carbocycles. The summed E-state index contributed by atoms with van der Waals surface area (Å²) in [5.41, 5.74) is 1.62. The Morgan fingerprint density at radius 2 is 1.81 bits per heavy atom. The van der Waals surface area contributed by atoms with Crippen molar-refractivity contribution in [1.29, 1.82) is 0 Å². The second kappa shape index (κ2) is 10.5. The Morgan fingerprint density at radius 3 is 2.46 bits per heavy atom. The molecule has 0 unspecified atom stereocenters. The van der Waals surface area contributed by atoms with E-state index in [2.05, 4.69) is 37.2 Å². The van der Waals surface area contributed by atoms with E-state index in [4.69, 9.17) is 14.2 Å². The number of rotatable bonds is 9. The normalized spacial score (nSPS) is 10.5. The van der Waals surface area contributed by atoms with Gasteiger partial charge in [0.2, 0.25) is 0 Å². The van der Waals surface area contributed by atoms with Crippen molar-refractivity contribution in [3.63, 3.8) is 0 Å². The molecule has 1 amide bonds. The average molecular weight is 487 g/mol. The molecule has 26 heavy (non-hydrogen) atoms. The van der Waals surface area contributed by atoms with Crippen molar-refractivity contribution in [3.05, 3.63) is 50.9 Å². The van der Waals surface area contributed by atoms with Crippen LogP contribution in [0.15, 0.2) is 45.3 Å². The maximum Gasteiger partial charge on any atom is 0.262 e. The van der Waals surface area contributed by atoms with Crippen molar-refractivity contribution in [2.45, 2.75) is 13.8 Å². The summed E-state index contributed by atoms with van der Waals surface area (Å²) in [7, 11) is 0. The van der Waals surface area contributed by atoms with E-state index in [1.165, 1.54) is 0 Å². The first-order valence-corrected chi connectivity index (χ1v) is 9.77. The highest BCUT2D eigenvalue weighted by Gasteiger charge is 2.10. The molecule has 7 heteroatoms. The van der Waals surface area contributed by atoms with E-state index in [9.17, 15) is 4.79 Å². The first-order chi connectivity index (χ1) is 12.5. The summed E-state index contributed by atoms with van der Waals surface area (Å²) in [5, 5.41) is 2.80. The minimum Gasteiger partial charge on any atom is -0.491 e. The first kappa shape index (κ1) is 20.7. The molecule has 0 aromatic heterocycles. The van der Waals surface area contributed by atoms with Gasteiger partial charge in [0, 0.05) is 16.8 Å². The average Bonchev–Trinajstić information content (AvgIpc) is 2.59. The van der Waals surface area contributed by atoms with Crippen molar-refractivity contribution in [2.24, 2.45) is 0 Å². The van der Waals surface area contributed by atoms with E-state index in [0.717, 1.165) is 20.3 Å². The topological polar surface area (TPSA) is 56.8 Å². The number of amides is 1. The van der Waals surface area contributed by atoms with E-state index < -0.39 is 0 Å². The van der Waals surface area contributed by atoms with Crippen LogP contribution in [-0.2, 0) is 9.53 Å². The number of carbonyl (C=O) groups excluding carboxylic acids is 1. The predicted octanol–water partition coefficient (Wildman–Crippen LogP) is 4.95. The maximum atomic E-state index is 12.1. The van der Waals surface area contributed by atoms with Crippen LogP contribution in [0.1, 0.15) is 12.5 Å². The zero-order chi connectivity index (χ0) is 18.9. The number of anilines is 1. The molecule has 0 saturated heterocycles. The lowest BCUT2D eigenvalue weighted by Crippen LogP contribution is -2.20. The van der Waals surface area contributed by atoms with Crippen LogP contribution in [0.25, 0.3) is 0 Å². The van der Waals surface area contributed by atoms with E-state index in [1.807, 2.05) is 26.0 Å². The smallest absolute Gasteiger partial charge is 0.262 e. The van der Waals surface area contributed by atoms with Crippen LogP contribution in [0.5, 0.6) is 11.5 Å². The maximum absolute atomic E-state index is 12.1. The quantitative estimate of drug-likeness (QED) is 0.509. The molecule has 0 heterocycles. The minimum absolute atomic E-state index is 0.0757. The lowest BCUT2D eigenvalue weighted by atomic mass is 10.2. The number of carbonyl (C=O) groups is 1.